The molecule has 0 saturated carbocycles. The van der Waals surface area contributed by atoms with Gasteiger partial charge in [0.05, 0.1) is 23.4 Å². The third-order valence-electron chi connectivity index (χ3n) is 5.19. The molecule has 0 aliphatic heterocycles. The number of aromatic nitrogens is 5. The Bertz CT molecular complexity index is 1400. The minimum absolute atomic E-state index is 0.00937. The molecule has 1 N–H and O–H groups in total. The average molecular weight is 480 g/mol. The normalized spacial score (nSPS) is 11.4. The molecule has 0 radical (unpaired) electrons. The molecule has 3 aromatic carbocycles. The van der Waals surface area contributed by atoms with E-state index in [4.69, 9.17) is 16.6 Å². The number of nitrogens with zero attached hydrogens (tertiary/aromatic N) is 5. The zero-order valence-electron chi connectivity index (χ0n) is 17.4. The van der Waals surface area contributed by atoms with Gasteiger partial charge in [0.1, 0.15) is 11.6 Å². The van der Waals surface area contributed by atoms with Crippen molar-refractivity contribution in [3.8, 4) is 17.1 Å². The Morgan fingerprint density at radius 1 is 0.970 bits per heavy atom. The number of hydrogen-bond acceptors (Lipinski definition) is 5. The Morgan fingerprint density at radius 2 is 1.76 bits per heavy atom. The van der Waals surface area contributed by atoms with Gasteiger partial charge in [-0.05, 0) is 54.6 Å². The smallest absolute Gasteiger partial charge is 0.196 e. The lowest BCUT2D eigenvalue weighted by Crippen LogP contribution is -2.06. The van der Waals surface area contributed by atoms with Gasteiger partial charge in [-0.1, -0.05) is 41.6 Å². The van der Waals surface area contributed by atoms with Gasteiger partial charge in [-0.25, -0.2) is 9.37 Å². The van der Waals surface area contributed by atoms with Crippen LogP contribution in [0.5, 0.6) is 0 Å². The summed E-state index contributed by atoms with van der Waals surface area (Å²) in [6, 6.07) is 21.5. The van der Waals surface area contributed by atoms with Crippen LogP contribution in [0.15, 0.2) is 78.0 Å². The van der Waals surface area contributed by atoms with Crippen molar-refractivity contribution in [2.75, 3.05) is 6.61 Å². The fourth-order valence-corrected chi connectivity index (χ4v) is 4.76. The topological polar surface area (TPSA) is 68.8 Å². The van der Waals surface area contributed by atoms with E-state index in [1.54, 1.807) is 18.2 Å². The van der Waals surface area contributed by atoms with Gasteiger partial charge in [-0.2, -0.15) is 0 Å². The molecule has 5 rings (SSSR count). The summed E-state index contributed by atoms with van der Waals surface area (Å²) in [5.41, 5.74) is 3.37. The van der Waals surface area contributed by atoms with Crippen LogP contribution in [-0.2, 0) is 12.3 Å². The molecule has 5 aromatic rings. The summed E-state index contributed by atoms with van der Waals surface area (Å²) in [7, 11) is 0. The minimum atomic E-state index is -0.304. The Morgan fingerprint density at radius 3 is 2.52 bits per heavy atom. The van der Waals surface area contributed by atoms with Gasteiger partial charge in [0, 0.05) is 22.8 Å². The maximum atomic E-state index is 13.5. The maximum Gasteiger partial charge on any atom is 0.196 e. The number of thioether (sulfide) groups is 1. The van der Waals surface area contributed by atoms with Crippen LogP contribution in [0.25, 0.3) is 28.1 Å². The van der Waals surface area contributed by atoms with E-state index in [0.717, 1.165) is 28.1 Å². The summed E-state index contributed by atoms with van der Waals surface area (Å²) in [5.74, 6) is 1.64. The molecule has 0 bridgehead atoms. The summed E-state index contributed by atoms with van der Waals surface area (Å²) in [6.45, 7) is 0.406. The molecule has 0 amide bonds. The number of imidazole rings is 1. The lowest BCUT2D eigenvalue weighted by atomic mass is 10.2. The van der Waals surface area contributed by atoms with E-state index in [1.165, 1.54) is 23.9 Å². The van der Waals surface area contributed by atoms with Crippen LogP contribution >= 0.6 is 23.4 Å². The number of halogens is 2. The predicted molar refractivity (Wildman–Crippen MR) is 128 cm³/mol. The number of benzene rings is 3. The van der Waals surface area contributed by atoms with Gasteiger partial charge in [0.15, 0.2) is 11.0 Å². The highest BCUT2D eigenvalue weighted by molar-refractivity contribution is 7.98. The lowest BCUT2D eigenvalue weighted by molar-refractivity contribution is 0.276. The minimum Gasteiger partial charge on any atom is -0.395 e. The first-order valence-electron chi connectivity index (χ1n) is 10.3. The number of aliphatic hydroxyl groups is 1. The first-order valence-corrected chi connectivity index (χ1v) is 11.7. The van der Waals surface area contributed by atoms with Crippen molar-refractivity contribution >= 4 is 34.4 Å². The van der Waals surface area contributed by atoms with Crippen molar-refractivity contribution in [3.05, 3.63) is 89.5 Å². The van der Waals surface area contributed by atoms with Gasteiger partial charge in [-0.15, -0.1) is 10.2 Å². The van der Waals surface area contributed by atoms with Gasteiger partial charge < -0.3 is 9.67 Å². The van der Waals surface area contributed by atoms with Crippen LogP contribution in [-0.4, -0.2) is 36.0 Å². The first-order chi connectivity index (χ1) is 16.1. The second kappa shape index (κ2) is 9.35. The Kier molecular flexibility index (Phi) is 6.13. The van der Waals surface area contributed by atoms with Gasteiger partial charge in [0.25, 0.3) is 0 Å². The third-order valence-corrected chi connectivity index (χ3v) is 6.35. The van der Waals surface area contributed by atoms with Crippen molar-refractivity contribution < 1.29 is 9.50 Å². The van der Waals surface area contributed by atoms with E-state index in [9.17, 15) is 9.50 Å². The molecule has 0 spiro atoms. The standard InChI is InChI=1S/C24H19ClFN5OS/c25-17-8-11-20-21(14-17)30(12-13-32)22(27-20)15-33-24-29-28-23(16-6-9-18(26)10-7-16)31(24)19-4-2-1-3-5-19/h1-11,14,32H,12-13,15H2. The Balaban J connectivity index is 1.53. The highest BCUT2D eigenvalue weighted by Gasteiger charge is 2.18. The summed E-state index contributed by atoms with van der Waals surface area (Å²) in [4.78, 5) is 4.74. The molecule has 166 valence electrons. The summed E-state index contributed by atoms with van der Waals surface area (Å²) in [6.07, 6.45) is 0. The van der Waals surface area contributed by atoms with E-state index in [2.05, 4.69) is 10.2 Å². The van der Waals surface area contributed by atoms with Crippen LogP contribution in [0.2, 0.25) is 5.02 Å². The van der Waals surface area contributed by atoms with E-state index < -0.39 is 0 Å². The monoisotopic (exact) mass is 479 g/mol. The summed E-state index contributed by atoms with van der Waals surface area (Å²) in [5, 5.41) is 19.7. The van der Waals surface area contributed by atoms with Gasteiger partial charge >= 0.3 is 0 Å². The fourth-order valence-electron chi connectivity index (χ4n) is 3.69. The van der Waals surface area contributed by atoms with Gasteiger partial charge in [0.2, 0.25) is 0 Å². The fraction of sp³-hybridized carbons (Fsp3) is 0.125. The molecule has 2 heterocycles. The SMILES string of the molecule is OCCn1c(CSc2nnc(-c3ccc(F)cc3)n2-c2ccccc2)nc2ccc(Cl)cc21. The van der Waals surface area contributed by atoms with Crippen LogP contribution in [0.3, 0.4) is 0 Å². The van der Waals surface area contributed by atoms with E-state index in [-0.39, 0.29) is 12.4 Å². The molecular weight excluding hydrogens is 461 g/mol. The number of fused-ring (bicyclic) bond motifs is 1. The van der Waals surface area contributed by atoms with Gasteiger partial charge in [-0.3, -0.25) is 4.57 Å². The summed E-state index contributed by atoms with van der Waals surface area (Å²) < 4.78 is 17.4. The molecule has 0 unspecified atom stereocenters. The lowest BCUT2D eigenvalue weighted by Gasteiger charge is -2.11. The quantitative estimate of drug-likeness (QED) is 0.318. The Labute approximate surface area is 198 Å². The molecular formula is C24H19ClFN5OS. The van der Waals surface area contributed by atoms with Crippen molar-refractivity contribution in [3.63, 3.8) is 0 Å². The average Bonchev–Trinajstić information content (AvgIpc) is 3.40. The predicted octanol–water partition coefficient (Wildman–Crippen LogP) is 5.36. The molecule has 6 nitrogen and oxygen atoms in total. The molecule has 0 aliphatic carbocycles. The number of hydrogen-bond donors (Lipinski definition) is 1. The molecule has 0 saturated heterocycles. The van der Waals surface area contributed by atoms with Crippen LogP contribution in [0.4, 0.5) is 4.39 Å². The van der Waals surface area contributed by atoms with Crippen LogP contribution in [0, 0.1) is 5.82 Å². The number of para-hydroxylation sites is 1. The summed E-state index contributed by atoms with van der Waals surface area (Å²) >= 11 is 7.67. The van der Waals surface area contributed by atoms with Crippen LogP contribution in [0.1, 0.15) is 5.82 Å². The van der Waals surface area contributed by atoms with Crippen molar-refractivity contribution in [2.45, 2.75) is 17.5 Å². The molecule has 0 atom stereocenters. The largest absolute Gasteiger partial charge is 0.395 e. The molecule has 9 heteroatoms. The van der Waals surface area contributed by atoms with E-state index in [0.29, 0.717) is 28.3 Å². The molecule has 2 aromatic heterocycles. The van der Waals surface area contributed by atoms with E-state index in [1.807, 2.05) is 51.6 Å². The number of aliphatic hydroxyl groups excluding tert-OH is 1. The highest BCUT2D eigenvalue weighted by atomic mass is 35.5. The zero-order valence-corrected chi connectivity index (χ0v) is 19.0. The molecule has 33 heavy (non-hydrogen) atoms. The van der Waals surface area contributed by atoms with Crippen molar-refractivity contribution in [2.24, 2.45) is 0 Å². The molecule has 0 aliphatic rings. The second-order valence-corrected chi connectivity index (χ2v) is 8.69. The number of rotatable bonds is 7. The van der Waals surface area contributed by atoms with E-state index >= 15 is 0 Å². The first kappa shape index (κ1) is 21.6. The third kappa shape index (κ3) is 4.37. The maximum absolute atomic E-state index is 13.5. The van der Waals surface area contributed by atoms with Crippen LogP contribution < -0.4 is 0 Å². The Hall–Kier alpha value is -3.20. The molecule has 0 fully saturated rings. The highest BCUT2D eigenvalue weighted by Crippen LogP contribution is 2.31. The van der Waals surface area contributed by atoms with Crippen molar-refractivity contribution in [1.29, 1.82) is 0 Å². The second-order valence-electron chi connectivity index (χ2n) is 7.31. The van der Waals surface area contributed by atoms with Crippen molar-refractivity contribution in [1.82, 2.24) is 24.3 Å². The zero-order chi connectivity index (χ0) is 22.8.